The van der Waals surface area contributed by atoms with Gasteiger partial charge in [-0.2, -0.15) is 4.98 Å². The highest BCUT2D eigenvalue weighted by atomic mass is 32.2. The normalized spacial score (nSPS) is 10.5. The molecule has 1 aromatic heterocycles. The van der Waals surface area contributed by atoms with E-state index in [9.17, 15) is 4.39 Å². The Kier molecular flexibility index (Phi) is 5.38. The molecule has 2 aromatic rings. The van der Waals surface area contributed by atoms with Crippen molar-refractivity contribution in [3.63, 3.8) is 0 Å². The minimum absolute atomic E-state index is 0.280. The van der Waals surface area contributed by atoms with Gasteiger partial charge in [-0.3, -0.25) is 0 Å². The lowest BCUT2D eigenvalue weighted by Crippen LogP contribution is -2.04. The Morgan fingerprint density at radius 3 is 2.76 bits per heavy atom. The molecule has 1 N–H and O–H groups in total. The molecular formula is C15H18FN3OS. The average molecular weight is 307 g/mol. The van der Waals surface area contributed by atoms with Crippen molar-refractivity contribution in [2.45, 2.75) is 25.4 Å². The van der Waals surface area contributed by atoms with Gasteiger partial charge in [-0.15, -0.1) is 0 Å². The molecule has 0 saturated carbocycles. The number of benzene rings is 1. The molecule has 0 saturated heterocycles. The molecular weight excluding hydrogens is 289 g/mol. The summed E-state index contributed by atoms with van der Waals surface area (Å²) in [5.41, 5.74) is 0.724. The molecule has 0 aliphatic rings. The van der Waals surface area contributed by atoms with Crippen LogP contribution in [0.3, 0.4) is 0 Å². The van der Waals surface area contributed by atoms with Crippen molar-refractivity contribution < 1.29 is 9.13 Å². The summed E-state index contributed by atoms with van der Waals surface area (Å²) in [6.07, 6.45) is 2.91. The average Bonchev–Trinajstić information content (AvgIpc) is 2.48. The summed E-state index contributed by atoms with van der Waals surface area (Å²) in [5.74, 6) is 1.48. The first kappa shape index (κ1) is 15.6. The number of ether oxygens (including phenoxy) is 1. The molecule has 0 fully saturated rings. The van der Waals surface area contributed by atoms with Gasteiger partial charge in [-0.05, 0) is 43.4 Å². The fraction of sp³-hybridized carbons (Fsp3) is 0.333. The van der Waals surface area contributed by atoms with Gasteiger partial charge in [0.2, 0.25) is 5.88 Å². The summed E-state index contributed by atoms with van der Waals surface area (Å²) < 4.78 is 18.9. The SMILES string of the molecule is CCCNc1cc(Oc2ccc(F)cc2C)nc(SC)n1. The van der Waals surface area contributed by atoms with Gasteiger partial charge in [0.15, 0.2) is 5.16 Å². The second kappa shape index (κ2) is 7.26. The number of halogens is 1. The minimum atomic E-state index is -0.280. The Labute approximate surface area is 128 Å². The van der Waals surface area contributed by atoms with Crippen LogP contribution in [0.2, 0.25) is 0 Å². The summed E-state index contributed by atoms with van der Waals surface area (Å²) in [5, 5.41) is 3.84. The second-order valence-corrected chi connectivity index (χ2v) is 5.29. The van der Waals surface area contributed by atoms with Crippen molar-refractivity contribution in [2.24, 2.45) is 0 Å². The fourth-order valence-corrected chi connectivity index (χ4v) is 2.10. The third-order valence-corrected chi connectivity index (χ3v) is 3.32. The topological polar surface area (TPSA) is 47.0 Å². The van der Waals surface area contributed by atoms with Crippen molar-refractivity contribution in [3.05, 3.63) is 35.6 Å². The zero-order valence-corrected chi connectivity index (χ0v) is 13.1. The van der Waals surface area contributed by atoms with E-state index in [0.29, 0.717) is 16.8 Å². The largest absolute Gasteiger partial charge is 0.439 e. The molecule has 0 aliphatic heterocycles. The summed E-state index contributed by atoms with van der Waals surface area (Å²) in [4.78, 5) is 8.68. The fourth-order valence-electron chi connectivity index (χ4n) is 1.73. The maximum absolute atomic E-state index is 13.1. The molecule has 1 aromatic carbocycles. The van der Waals surface area contributed by atoms with E-state index < -0.39 is 0 Å². The van der Waals surface area contributed by atoms with Gasteiger partial charge in [0, 0.05) is 12.6 Å². The first-order valence-electron chi connectivity index (χ1n) is 6.73. The Hall–Kier alpha value is -1.82. The lowest BCUT2D eigenvalue weighted by atomic mass is 10.2. The molecule has 0 bridgehead atoms. The Bertz CT molecular complexity index is 622. The third-order valence-electron chi connectivity index (χ3n) is 2.77. The van der Waals surface area contributed by atoms with E-state index >= 15 is 0 Å². The first-order valence-corrected chi connectivity index (χ1v) is 7.95. The Morgan fingerprint density at radius 2 is 2.10 bits per heavy atom. The van der Waals surface area contributed by atoms with Gasteiger partial charge in [0.25, 0.3) is 0 Å². The van der Waals surface area contributed by atoms with E-state index in [1.807, 2.05) is 6.26 Å². The molecule has 0 amide bonds. The van der Waals surface area contributed by atoms with Gasteiger partial charge in [-0.25, -0.2) is 9.37 Å². The van der Waals surface area contributed by atoms with E-state index in [0.717, 1.165) is 24.3 Å². The quantitative estimate of drug-likeness (QED) is 0.638. The monoisotopic (exact) mass is 307 g/mol. The van der Waals surface area contributed by atoms with Crippen LogP contribution in [0.25, 0.3) is 0 Å². The zero-order chi connectivity index (χ0) is 15.2. The van der Waals surface area contributed by atoms with Crippen LogP contribution in [0.5, 0.6) is 11.6 Å². The van der Waals surface area contributed by atoms with Gasteiger partial charge in [0.05, 0.1) is 0 Å². The molecule has 0 radical (unpaired) electrons. The van der Waals surface area contributed by atoms with Crippen molar-refractivity contribution >= 4 is 17.6 Å². The van der Waals surface area contributed by atoms with Crippen LogP contribution in [0.1, 0.15) is 18.9 Å². The van der Waals surface area contributed by atoms with Gasteiger partial charge in [0.1, 0.15) is 17.4 Å². The lowest BCUT2D eigenvalue weighted by Gasteiger charge is -2.11. The predicted octanol–water partition coefficient (Wildman–Crippen LogP) is 4.26. The standard InChI is InChI=1S/C15H18FN3OS/c1-4-7-17-13-9-14(19-15(18-13)21-3)20-12-6-5-11(16)8-10(12)2/h5-6,8-9H,4,7H2,1-3H3,(H,17,18,19). The number of nitrogens with one attached hydrogen (secondary N) is 1. The van der Waals surface area contributed by atoms with Crippen LogP contribution in [0.4, 0.5) is 10.2 Å². The second-order valence-electron chi connectivity index (χ2n) is 4.52. The third kappa shape index (κ3) is 4.32. The van der Waals surface area contributed by atoms with Crippen LogP contribution in [-0.2, 0) is 0 Å². The highest BCUT2D eigenvalue weighted by Crippen LogP contribution is 2.27. The maximum atomic E-state index is 13.1. The number of anilines is 1. The molecule has 21 heavy (non-hydrogen) atoms. The van der Waals surface area contributed by atoms with E-state index in [-0.39, 0.29) is 5.82 Å². The van der Waals surface area contributed by atoms with Gasteiger partial charge >= 0.3 is 0 Å². The maximum Gasteiger partial charge on any atom is 0.225 e. The van der Waals surface area contributed by atoms with Gasteiger partial charge < -0.3 is 10.1 Å². The van der Waals surface area contributed by atoms with Crippen LogP contribution in [0.15, 0.2) is 29.4 Å². The highest BCUT2D eigenvalue weighted by Gasteiger charge is 2.08. The summed E-state index contributed by atoms with van der Waals surface area (Å²) in [6, 6.07) is 6.15. The molecule has 2 rings (SSSR count). The Morgan fingerprint density at radius 1 is 1.29 bits per heavy atom. The molecule has 112 valence electrons. The predicted molar refractivity (Wildman–Crippen MR) is 83.8 cm³/mol. The van der Waals surface area contributed by atoms with E-state index in [2.05, 4.69) is 22.2 Å². The Balaban J connectivity index is 2.25. The first-order chi connectivity index (χ1) is 10.1. The van der Waals surface area contributed by atoms with E-state index in [1.165, 1.54) is 23.9 Å². The minimum Gasteiger partial charge on any atom is -0.439 e. The lowest BCUT2D eigenvalue weighted by molar-refractivity contribution is 0.451. The number of aryl methyl sites for hydroxylation is 1. The molecule has 0 spiro atoms. The number of hydrogen-bond acceptors (Lipinski definition) is 5. The molecule has 0 atom stereocenters. The molecule has 1 heterocycles. The summed E-state index contributed by atoms with van der Waals surface area (Å²) >= 11 is 1.45. The van der Waals surface area contributed by atoms with Crippen molar-refractivity contribution in [3.8, 4) is 11.6 Å². The van der Waals surface area contributed by atoms with Crippen LogP contribution in [-0.4, -0.2) is 22.8 Å². The number of thioether (sulfide) groups is 1. The van der Waals surface area contributed by atoms with Crippen LogP contribution in [0, 0.1) is 12.7 Å². The summed E-state index contributed by atoms with van der Waals surface area (Å²) in [6.45, 7) is 4.72. The number of rotatable bonds is 6. The van der Waals surface area contributed by atoms with Crippen molar-refractivity contribution in [2.75, 3.05) is 18.1 Å². The molecule has 0 unspecified atom stereocenters. The molecule has 4 nitrogen and oxygen atoms in total. The highest BCUT2D eigenvalue weighted by molar-refractivity contribution is 7.98. The van der Waals surface area contributed by atoms with Crippen molar-refractivity contribution in [1.82, 2.24) is 9.97 Å². The zero-order valence-electron chi connectivity index (χ0n) is 12.3. The molecule has 0 aliphatic carbocycles. The smallest absolute Gasteiger partial charge is 0.225 e. The van der Waals surface area contributed by atoms with Crippen LogP contribution < -0.4 is 10.1 Å². The van der Waals surface area contributed by atoms with Gasteiger partial charge in [-0.1, -0.05) is 18.7 Å². The number of aromatic nitrogens is 2. The van der Waals surface area contributed by atoms with Crippen LogP contribution >= 0.6 is 11.8 Å². The number of hydrogen-bond donors (Lipinski definition) is 1. The van der Waals surface area contributed by atoms with Crippen molar-refractivity contribution in [1.29, 1.82) is 0 Å². The van der Waals surface area contributed by atoms with E-state index in [4.69, 9.17) is 4.74 Å². The number of nitrogens with zero attached hydrogens (tertiary/aromatic N) is 2. The molecule has 6 heteroatoms. The van der Waals surface area contributed by atoms with E-state index in [1.54, 1.807) is 19.1 Å². The summed E-state index contributed by atoms with van der Waals surface area (Å²) in [7, 11) is 0.